The summed E-state index contributed by atoms with van der Waals surface area (Å²) in [7, 11) is 0. The summed E-state index contributed by atoms with van der Waals surface area (Å²) in [6.07, 6.45) is 0. The highest BCUT2D eigenvalue weighted by Gasteiger charge is 2.04. The van der Waals surface area contributed by atoms with Gasteiger partial charge in [0.25, 0.3) is 0 Å². The predicted octanol–water partition coefficient (Wildman–Crippen LogP) is 3.03. The van der Waals surface area contributed by atoms with E-state index < -0.39 is 0 Å². The van der Waals surface area contributed by atoms with Crippen LogP contribution < -0.4 is 5.32 Å². The lowest BCUT2D eigenvalue weighted by atomic mass is 10.2. The van der Waals surface area contributed by atoms with Crippen LogP contribution in [0.15, 0.2) is 21.1 Å². The Bertz CT molecular complexity index is 384. The molecular weight excluding hydrogens is 322 g/mol. The smallest absolute Gasteiger partial charge is 0.143 e. The fraction of sp³-hybridized carbons (Fsp3) is 0.273. The van der Waals surface area contributed by atoms with Crippen molar-refractivity contribution in [3.8, 4) is 17.6 Å². The average molecular weight is 333 g/mol. The van der Waals surface area contributed by atoms with Crippen LogP contribution in [0.5, 0.6) is 5.75 Å². The standard InChI is InChI=1S/C11H11Br2NO/c1-2-3-4-14-7-8-5-9(12)11(15)10(13)6-8/h5-6,14-15H,4,7H2,1H3. The van der Waals surface area contributed by atoms with Crippen molar-refractivity contribution in [3.05, 3.63) is 26.6 Å². The van der Waals surface area contributed by atoms with E-state index in [2.05, 4.69) is 49.0 Å². The number of phenols is 1. The molecular formula is C11H11Br2NO. The quantitative estimate of drug-likeness (QED) is 0.658. The van der Waals surface area contributed by atoms with Gasteiger partial charge in [0.2, 0.25) is 0 Å². The van der Waals surface area contributed by atoms with Crippen molar-refractivity contribution in [2.24, 2.45) is 0 Å². The van der Waals surface area contributed by atoms with E-state index in [1.165, 1.54) is 0 Å². The fourth-order valence-electron chi connectivity index (χ4n) is 1.08. The maximum atomic E-state index is 9.50. The minimum Gasteiger partial charge on any atom is -0.506 e. The molecule has 0 aliphatic heterocycles. The monoisotopic (exact) mass is 331 g/mol. The van der Waals surface area contributed by atoms with Crippen molar-refractivity contribution in [1.29, 1.82) is 0 Å². The van der Waals surface area contributed by atoms with E-state index in [9.17, 15) is 5.11 Å². The molecule has 0 unspecified atom stereocenters. The van der Waals surface area contributed by atoms with E-state index in [0.29, 0.717) is 15.5 Å². The number of phenolic OH excluding ortho intramolecular Hbond substituents is 1. The number of halogens is 2. The molecule has 1 rings (SSSR count). The van der Waals surface area contributed by atoms with Crippen LogP contribution >= 0.6 is 31.9 Å². The maximum Gasteiger partial charge on any atom is 0.143 e. The van der Waals surface area contributed by atoms with E-state index in [1.807, 2.05) is 19.1 Å². The van der Waals surface area contributed by atoms with E-state index in [-0.39, 0.29) is 5.75 Å². The molecule has 0 saturated heterocycles. The summed E-state index contributed by atoms with van der Waals surface area (Å²) in [5.74, 6) is 5.97. The van der Waals surface area contributed by atoms with Crippen molar-refractivity contribution in [3.63, 3.8) is 0 Å². The van der Waals surface area contributed by atoms with Gasteiger partial charge in [-0.05, 0) is 56.5 Å². The molecule has 0 radical (unpaired) electrons. The molecule has 2 nitrogen and oxygen atoms in total. The molecule has 1 aromatic carbocycles. The Morgan fingerprint density at radius 2 is 1.93 bits per heavy atom. The van der Waals surface area contributed by atoms with Gasteiger partial charge in [0, 0.05) is 6.54 Å². The molecule has 0 aliphatic rings. The topological polar surface area (TPSA) is 32.3 Å². The number of rotatable bonds is 3. The van der Waals surface area contributed by atoms with Crippen molar-refractivity contribution in [1.82, 2.24) is 5.32 Å². The van der Waals surface area contributed by atoms with Gasteiger partial charge in [-0.3, -0.25) is 0 Å². The third kappa shape index (κ3) is 3.86. The highest BCUT2D eigenvalue weighted by atomic mass is 79.9. The van der Waals surface area contributed by atoms with Crippen LogP contribution in [0.25, 0.3) is 0 Å². The van der Waals surface area contributed by atoms with Gasteiger partial charge < -0.3 is 10.4 Å². The van der Waals surface area contributed by atoms with E-state index in [4.69, 9.17) is 0 Å². The van der Waals surface area contributed by atoms with Crippen LogP contribution in [-0.2, 0) is 6.54 Å². The summed E-state index contributed by atoms with van der Waals surface area (Å²) in [6, 6.07) is 3.76. The number of nitrogens with one attached hydrogen (secondary N) is 1. The lowest BCUT2D eigenvalue weighted by Crippen LogP contribution is -2.13. The summed E-state index contributed by atoms with van der Waals surface area (Å²) in [4.78, 5) is 0. The molecule has 1 aromatic rings. The SMILES string of the molecule is CC#CCNCc1cc(Br)c(O)c(Br)c1. The second kappa shape index (κ2) is 6.16. The molecule has 2 N–H and O–H groups in total. The first-order chi connectivity index (χ1) is 7.15. The van der Waals surface area contributed by atoms with Gasteiger partial charge in [-0.1, -0.05) is 5.92 Å². The molecule has 4 heteroatoms. The first-order valence-corrected chi connectivity index (χ1v) is 6.01. The lowest BCUT2D eigenvalue weighted by molar-refractivity contribution is 0.468. The Labute approximate surface area is 106 Å². The number of benzene rings is 1. The van der Waals surface area contributed by atoms with E-state index in [1.54, 1.807) is 0 Å². The number of hydrogen-bond acceptors (Lipinski definition) is 2. The normalized spacial score (nSPS) is 9.53. The average Bonchev–Trinajstić information content (AvgIpc) is 2.21. The minimum atomic E-state index is 0.229. The van der Waals surface area contributed by atoms with Crippen LogP contribution in [0.1, 0.15) is 12.5 Å². The summed E-state index contributed by atoms with van der Waals surface area (Å²) >= 11 is 6.57. The molecule has 0 amide bonds. The van der Waals surface area contributed by atoms with Crippen LogP contribution in [0.3, 0.4) is 0 Å². The second-order valence-corrected chi connectivity index (χ2v) is 4.65. The number of hydrogen-bond donors (Lipinski definition) is 2. The third-order valence-corrected chi connectivity index (χ3v) is 3.00. The fourth-order valence-corrected chi connectivity index (χ4v) is 2.36. The van der Waals surface area contributed by atoms with E-state index in [0.717, 1.165) is 12.1 Å². The van der Waals surface area contributed by atoms with Gasteiger partial charge in [0.05, 0.1) is 15.5 Å². The molecule has 0 saturated carbocycles. The molecule has 0 heterocycles. The van der Waals surface area contributed by atoms with Gasteiger partial charge in [-0.15, -0.1) is 5.92 Å². The highest BCUT2D eigenvalue weighted by molar-refractivity contribution is 9.11. The summed E-state index contributed by atoms with van der Waals surface area (Å²) in [6.45, 7) is 3.22. The number of aromatic hydroxyl groups is 1. The van der Waals surface area contributed by atoms with Crippen LogP contribution in [-0.4, -0.2) is 11.7 Å². The molecule has 0 spiro atoms. The summed E-state index contributed by atoms with van der Waals surface area (Å²) < 4.78 is 1.38. The molecule has 0 aliphatic carbocycles. The zero-order valence-corrected chi connectivity index (χ0v) is 11.4. The zero-order chi connectivity index (χ0) is 11.3. The van der Waals surface area contributed by atoms with Crippen molar-refractivity contribution < 1.29 is 5.11 Å². The second-order valence-electron chi connectivity index (χ2n) is 2.94. The minimum absolute atomic E-state index is 0.229. The van der Waals surface area contributed by atoms with Crippen molar-refractivity contribution >= 4 is 31.9 Å². The van der Waals surface area contributed by atoms with Gasteiger partial charge in [0.1, 0.15) is 5.75 Å². The molecule has 15 heavy (non-hydrogen) atoms. The zero-order valence-electron chi connectivity index (χ0n) is 8.27. The summed E-state index contributed by atoms with van der Waals surface area (Å²) in [5, 5.41) is 12.7. The van der Waals surface area contributed by atoms with Crippen molar-refractivity contribution in [2.75, 3.05) is 6.54 Å². The molecule has 0 atom stereocenters. The van der Waals surface area contributed by atoms with Gasteiger partial charge in [-0.25, -0.2) is 0 Å². The highest BCUT2D eigenvalue weighted by Crippen LogP contribution is 2.33. The van der Waals surface area contributed by atoms with Crippen LogP contribution in [0.2, 0.25) is 0 Å². The molecule has 0 fully saturated rings. The Balaban J connectivity index is 2.65. The van der Waals surface area contributed by atoms with Crippen LogP contribution in [0.4, 0.5) is 0 Å². The largest absolute Gasteiger partial charge is 0.506 e. The first-order valence-electron chi connectivity index (χ1n) is 4.42. The van der Waals surface area contributed by atoms with E-state index >= 15 is 0 Å². The first kappa shape index (κ1) is 12.6. The Hall–Kier alpha value is -0.500. The molecule has 0 bridgehead atoms. The summed E-state index contributed by atoms with van der Waals surface area (Å²) in [5.41, 5.74) is 1.09. The third-order valence-electron chi connectivity index (χ3n) is 1.80. The molecule has 0 aromatic heterocycles. The predicted molar refractivity (Wildman–Crippen MR) is 68.7 cm³/mol. The Kier molecular flexibility index (Phi) is 5.16. The van der Waals surface area contributed by atoms with Gasteiger partial charge >= 0.3 is 0 Å². The lowest BCUT2D eigenvalue weighted by Gasteiger charge is -2.05. The van der Waals surface area contributed by atoms with Crippen LogP contribution in [0, 0.1) is 11.8 Å². The van der Waals surface area contributed by atoms with Gasteiger partial charge in [0.15, 0.2) is 0 Å². The maximum absolute atomic E-state index is 9.50. The Morgan fingerprint density at radius 3 is 2.47 bits per heavy atom. The van der Waals surface area contributed by atoms with Crippen molar-refractivity contribution in [2.45, 2.75) is 13.5 Å². The Morgan fingerprint density at radius 1 is 1.33 bits per heavy atom. The van der Waals surface area contributed by atoms with Gasteiger partial charge in [-0.2, -0.15) is 0 Å². The molecule has 80 valence electrons.